The van der Waals surface area contributed by atoms with E-state index in [0.717, 1.165) is 26.0 Å². The van der Waals surface area contributed by atoms with E-state index in [1.165, 1.54) is 9.35 Å². The fourth-order valence-electron chi connectivity index (χ4n) is 2.07. The maximum atomic E-state index is 5.83. The largest absolute Gasteiger partial charge is 0.376 e. The van der Waals surface area contributed by atoms with Crippen molar-refractivity contribution in [2.24, 2.45) is 0 Å². The Kier molecular flexibility index (Phi) is 6.11. The van der Waals surface area contributed by atoms with Crippen LogP contribution in [-0.4, -0.2) is 38.5 Å². The summed E-state index contributed by atoms with van der Waals surface area (Å²) in [6.45, 7) is 5.33. The van der Waals surface area contributed by atoms with E-state index < -0.39 is 0 Å². The van der Waals surface area contributed by atoms with Crippen LogP contribution in [0.2, 0.25) is 0 Å². The maximum Gasteiger partial charge on any atom is 0.0965 e. The topological polar surface area (TPSA) is 30.5 Å². The van der Waals surface area contributed by atoms with Crippen molar-refractivity contribution in [1.29, 1.82) is 0 Å². The molecule has 1 aromatic rings. The van der Waals surface area contributed by atoms with Gasteiger partial charge in [0.05, 0.1) is 25.9 Å². The number of hydrogen-bond acceptors (Lipinski definition) is 4. The Morgan fingerprint density at radius 3 is 3.06 bits per heavy atom. The van der Waals surface area contributed by atoms with Gasteiger partial charge in [0, 0.05) is 21.8 Å². The number of ether oxygens (including phenoxy) is 2. The molecule has 1 fully saturated rings. The molecule has 1 saturated heterocycles. The molecule has 0 bridgehead atoms. The van der Waals surface area contributed by atoms with Gasteiger partial charge >= 0.3 is 0 Å². The normalized spacial score (nSPS) is 22.0. The molecule has 0 aliphatic carbocycles. The molecule has 0 aromatic carbocycles. The molecule has 1 N–H and O–H groups in total. The molecule has 1 aliphatic heterocycles. The Labute approximate surface area is 121 Å². The van der Waals surface area contributed by atoms with Gasteiger partial charge in [0.15, 0.2) is 0 Å². The zero-order valence-corrected chi connectivity index (χ0v) is 13.1. The molecule has 5 heteroatoms. The number of thiophene rings is 1. The molecule has 1 aromatic heterocycles. The fourth-order valence-corrected chi connectivity index (χ4v) is 3.65. The third-order valence-electron chi connectivity index (χ3n) is 3.04. The standard InChI is InChI=1S/C13H20BrNO2S/c1-2-4-15-11(12-9-16-5-6-17-12)8-13-10(14)3-7-18-13/h3,7,11-12,15H,2,4-6,8-9H2,1H3. The van der Waals surface area contributed by atoms with Gasteiger partial charge < -0.3 is 14.8 Å². The Balaban J connectivity index is 1.97. The van der Waals surface area contributed by atoms with E-state index in [4.69, 9.17) is 9.47 Å². The minimum Gasteiger partial charge on any atom is -0.376 e. The first-order chi connectivity index (χ1) is 8.81. The fraction of sp³-hybridized carbons (Fsp3) is 0.692. The second kappa shape index (κ2) is 7.60. The van der Waals surface area contributed by atoms with E-state index in [-0.39, 0.29) is 6.10 Å². The predicted octanol–water partition coefficient (Wildman–Crippen LogP) is 2.84. The van der Waals surface area contributed by atoms with Crippen molar-refractivity contribution in [3.63, 3.8) is 0 Å². The van der Waals surface area contributed by atoms with Gasteiger partial charge in [-0.05, 0) is 40.3 Å². The zero-order valence-electron chi connectivity index (χ0n) is 10.7. The molecule has 18 heavy (non-hydrogen) atoms. The van der Waals surface area contributed by atoms with Gasteiger partial charge in [-0.15, -0.1) is 11.3 Å². The van der Waals surface area contributed by atoms with Gasteiger partial charge in [0.25, 0.3) is 0 Å². The lowest BCUT2D eigenvalue weighted by Crippen LogP contribution is -2.48. The van der Waals surface area contributed by atoms with Crippen LogP contribution in [0, 0.1) is 0 Å². The number of rotatable bonds is 6. The van der Waals surface area contributed by atoms with Gasteiger partial charge in [0.2, 0.25) is 0 Å². The number of halogens is 1. The summed E-state index contributed by atoms with van der Waals surface area (Å²) in [5.74, 6) is 0. The monoisotopic (exact) mass is 333 g/mol. The maximum absolute atomic E-state index is 5.83. The van der Waals surface area contributed by atoms with Crippen molar-refractivity contribution >= 4 is 27.3 Å². The highest BCUT2D eigenvalue weighted by atomic mass is 79.9. The summed E-state index contributed by atoms with van der Waals surface area (Å²) in [7, 11) is 0. The molecule has 102 valence electrons. The van der Waals surface area contributed by atoms with Crippen LogP contribution in [0.4, 0.5) is 0 Å². The smallest absolute Gasteiger partial charge is 0.0965 e. The number of nitrogens with one attached hydrogen (secondary N) is 1. The van der Waals surface area contributed by atoms with Crippen LogP contribution in [-0.2, 0) is 15.9 Å². The van der Waals surface area contributed by atoms with E-state index >= 15 is 0 Å². The van der Waals surface area contributed by atoms with E-state index in [9.17, 15) is 0 Å². The molecule has 0 radical (unpaired) electrons. The Morgan fingerprint density at radius 1 is 1.56 bits per heavy atom. The summed E-state index contributed by atoms with van der Waals surface area (Å²) < 4.78 is 12.5. The molecular formula is C13H20BrNO2S. The van der Waals surface area contributed by atoms with Gasteiger partial charge in [-0.2, -0.15) is 0 Å². The molecular weight excluding hydrogens is 314 g/mol. The lowest BCUT2D eigenvalue weighted by molar-refractivity contribution is -0.101. The van der Waals surface area contributed by atoms with E-state index in [1.54, 1.807) is 11.3 Å². The predicted molar refractivity (Wildman–Crippen MR) is 78.4 cm³/mol. The number of hydrogen-bond donors (Lipinski definition) is 1. The molecule has 0 amide bonds. The summed E-state index contributed by atoms with van der Waals surface area (Å²) in [4.78, 5) is 1.37. The molecule has 0 saturated carbocycles. The van der Waals surface area contributed by atoms with E-state index in [1.807, 2.05) is 0 Å². The minimum atomic E-state index is 0.166. The molecule has 2 atom stereocenters. The highest BCUT2D eigenvalue weighted by Gasteiger charge is 2.25. The first-order valence-electron chi connectivity index (χ1n) is 6.46. The highest BCUT2D eigenvalue weighted by Crippen LogP contribution is 2.25. The first kappa shape index (κ1) is 14.5. The average molecular weight is 334 g/mol. The van der Waals surface area contributed by atoms with Crippen LogP contribution in [0.25, 0.3) is 0 Å². The highest BCUT2D eigenvalue weighted by molar-refractivity contribution is 9.10. The summed E-state index contributed by atoms with van der Waals surface area (Å²) >= 11 is 5.39. The van der Waals surface area contributed by atoms with Gasteiger partial charge in [-0.25, -0.2) is 0 Å². The van der Waals surface area contributed by atoms with Crippen LogP contribution < -0.4 is 5.32 Å². The zero-order chi connectivity index (χ0) is 12.8. The lowest BCUT2D eigenvalue weighted by Gasteiger charge is -2.31. The van der Waals surface area contributed by atoms with Gasteiger partial charge in [-0.3, -0.25) is 0 Å². The summed E-state index contributed by atoms with van der Waals surface area (Å²) in [6, 6.07) is 2.44. The van der Waals surface area contributed by atoms with Crippen molar-refractivity contribution in [2.75, 3.05) is 26.4 Å². The SMILES string of the molecule is CCCNC(Cc1sccc1Br)C1COCCO1. The van der Waals surface area contributed by atoms with Crippen molar-refractivity contribution in [1.82, 2.24) is 5.32 Å². The van der Waals surface area contributed by atoms with Crippen LogP contribution in [0.15, 0.2) is 15.9 Å². The molecule has 2 heterocycles. The summed E-state index contributed by atoms with van der Waals surface area (Å²) in [5.41, 5.74) is 0. The van der Waals surface area contributed by atoms with Crippen LogP contribution in [0.5, 0.6) is 0 Å². The van der Waals surface area contributed by atoms with Crippen LogP contribution in [0.1, 0.15) is 18.2 Å². The second-order valence-corrected chi connectivity index (χ2v) is 6.30. The van der Waals surface area contributed by atoms with Gasteiger partial charge in [-0.1, -0.05) is 6.92 Å². The molecule has 2 rings (SSSR count). The Bertz CT molecular complexity index is 353. The minimum absolute atomic E-state index is 0.166. The molecule has 3 nitrogen and oxygen atoms in total. The van der Waals surface area contributed by atoms with Crippen molar-refractivity contribution in [2.45, 2.75) is 31.9 Å². The average Bonchev–Trinajstić information content (AvgIpc) is 2.81. The van der Waals surface area contributed by atoms with Crippen LogP contribution in [0.3, 0.4) is 0 Å². The third-order valence-corrected chi connectivity index (χ3v) is 4.99. The van der Waals surface area contributed by atoms with Gasteiger partial charge in [0.1, 0.15) is 0 Å². The second-order valence-electron chi connectivity index (χ2n) is 4.44. The Morgan fingerprint density at radius 2 is 2.44 bits per heavy atom. The van der Waals surface area contributed by atoms with Crippen molar-refractivity contribution in [3.8, 4) is 0 Å². The lowest BCUT2D eigenvalue weighted by atomic mass is 10.1. The summed E-state index contributed by atoms with van der Waals surface area (Å²) in [6.07, 6.45) is 2.29. The first-order valence-corrected chi connectivity index (χ1v) is 8.13. The molecule has 0 spiro atoms. The van der Waals surface area contributed by atoms with E-state index in [0.29, 0.717) is 19.3 Å². The van der Waals surface area contributed by atoms with Crippen LogP contribution >= 0.6 is 27.3 Å². The molecule has 2 unspecified atom stereocenters. The van der Waals surface area contributed by atoms with Crippen molar-refractivity contribution in [3.05, 3.63) is 20.8 Å². The summed E-state index contributed by atoms with van der Waals surface area (Å²) in [5, 5.41) is 5.71. The van der Waals surface area contributed by atoms with Crippen molar-refractivity contribution < 1.29 is 9.47 Å². The quantitative estimate of drug-likeness (QED) is 0.868. The van der Waals surface area contributed by atoms with E-state index in [2.05, 4.69) is 39.6 Å². The Hall–Kier alpha value is 0.0600. The third kappa shape index (κ3) is 4.03. The molecule has 1 aliphatic rings.